The van der Waals surface area contributed by atoms with Gasteiger partial charge in [-0.25, -0.2) is 4.98 Å². The Labute approximate surface area is 124 Å². The van der Waals surface area contributed by atoms with Crippen molar-refractivity contribution in [1.82, 2.24) is 4.98 Å². The summed E-state index contributed by atoms with van der Waals surface area (Å²) >= 11 is 0. The summed E-state index contributed by atoms with van der Waals surface area (Å²) in [5, 5.41) is 6.04. The van der Waals surface area contributed by atoms with E-state index in [1.54, 1.807) is 6.07 Å². The number of carbonyl (C=O) groups is 1. The monoisotopic (exact) mass is 281 g/mol. The van der Waals surface area contributed by atoms with Gasteiger partial charge in [-0.15, -0.1) is 0 Å². The molecule has 0 bridgehead atoms. The van der Waals surface area contributed by atoms with E-state index >= 15 is 0 Å². The first-order valence-electron chi connectivity index (χ1n) is 7.40. The minimum Gasteiger partial charge on any atom is -0.370 e. The molecule has 0 fully saturated rings. The van der Waals surface area contributed by atoms with Crippen LogP contribution in [0.3, 0.4) is 0 Å². The molecule has 1 heterocycles. The average molecular weight is 281 g/mol. The van der Waals surface area contributed by atoms with Crippen LogP contribution in [-0.2, 0) is 12.8 Å². The molecule has 0 radical (unpaired) electrons. The zero-order chi connectivity index (χ0) is 14.7. The highest BCUT2D eigenvalue weighted by atomic mass is 16.1. The number of hydrogen-bond donors (Lipinski definition) is 2. The van der Waals surface area contributed by atoms with Crippen molar-refractivity contribution in [3.05, 3.63) is 53.2 Å². The summed E-state index contributed by atoms with van der Waals surface area (Å²) in [4.78, 5) is 16.6. The maximum Gasteiger partial charge on any atom is 0.274 e. The zero-order valence-electron chi connectivity index (χ0n) is 12.1. The van der Waals surface area contributed by atoms with Crippen molar-refractivity contribution in [2.45, 2.75) is 26.2 Å². The number of benzene rings is 1. The second kappa shape index (κ2) is 5.95. The number of aromatic nitrogens is 1. The second-order valence-corrected chi connectivity index (χ2v) is 5.23. The number of anilines is 2. The molecule has 0 saturated carbocycles. The molecule has 1 amide bonds. The molecule has 1 aromatic heterocycles. The Morgan fingerprint density at radius 1 is 1.19 bits per heavy atom. The van der Waals surface area contributed by atoms with Crippen molar-refractivity contribution in [1.29, 1.82) is 0 Å². The number of hydrogen-bond acceptors (Lipinski definition) is 3. The van der Waals surface area contributed by atoms with Crippen LogP contribution in [0, 0.1) is 0 Å². The van der Waals surface area contributed by atoms with E-state index in [0.29, 0.717) is 5.69 Å². The van der Waals surface area contributed by atoms with E-state index in [2.05, 4.69) is 27.8 Å². The molecule has 2 aromatic rings. The van der Waals surface area contributed by atoms with E-state index in [1.165, 1.54) is 17.5 Å². The molecule has 4 nitrogen and oxygen atoms in total. The Bertz CT molecular complexity index is 667. The van der Waals surface area contributed by atoms with Crippen LogP contribution in [0.2, 0.25) is 0 Å². The minimum atomic E-state index is -0.173. The van der Waals surface area contributed by atoms with E-state index < -0.39 is 0 Å². The third kappa shape index (κ3) is 3.05. The van der Waals surface area contributed by atoms with Crippen LogP contribution >= 0.6 is 0 Å². The number of nitrogens with zero attached hydrogens (tertiary/aromatic N) is 1. The Kier molecular flexibility index (Phi) is 3.86. The molecule has 108 valence electrons. The predicted octanol–water partition coefficient (Wildman–Crippen LogP) is 3.25. The summed E-state index contributed by atoms with van der Waals surface area (Å²) in [5.41, 5.74) is 4.02. The van der Waals surface area contributed by atoms with Crippen LogP contribution in [0.15, 0.2) is 36.4 Å². The van der Waals surface area contributed by atoms with Gasteiger partial charge in [0.05, 0.1) is 0 Å². The van der Waals surface area contributed by atoms with Crippen LogP contribution in [0.5, 0.6) is 0 Å². The number of pyridine rings is 1. The van der Waals surface area contributed by atoms with Gasteiger partial charge in [0.15, 0.2) is 0 Å². The molecule has 4 heteroatoms. The second-order valence-electron chi connectivity index (χ2n) is 5.23. The van der Waals surface area contributed by atoms with Gasteiger partial charge in [0.25, 0.3) is 5.91 Å². The van der Waals surface area contributed by atoms with Crippen LogP contribution in [-0.4, -0.2) is 17.4 Å². The van der Waals surface area contributed by atoms with Gasteiger partial charge in [-0.2, -0.15) is 0 Å². The van der Waals surface area contributed by atoms with Gasteiger partial charge in [-0.3, -0.25) is 4.79 Å². The molecule has 21 heavy (non-hydrogen) atoms. The lowest BCUT2D eigenvalue weighted by Crippen LogP contribution is -2.14. The first kappa shape index (κ1) is 13.6. The largest absolute Gasteiger partial charge is 0.370 e. The maximum absolute atomic E-state index is 12.3. The third-order valence-electron chi connectivity index (χ3n) is 3.70. The molecular weight excluding hydrogens is 262 g/mol. The van der Waals surface area contributed by atoms with Crippen molar-refractivity contribution in [2.75, 3.05) is 17.2 Å². The van der Waals surface area contributed by atoms with Crippen molar-refractivity contribution in [2.24, 2.45) is 0 Å². The molecule has 1 aliphatic rings. The fourth-order valence-electron chi connectivity index (χ4n) is 2.69. The van der Waals surface area contributed by atoms with E-state index in [1.807, 2.05) is 25.1 Å². The van der Waals surface area contributed by atoms with Crippen LogP contribution in [0.1, 0.15) is 35.0 Å². The standard InChI is InChI=1S/C17H19N3O/c1-2-18-16-8-4-7-15(20-16)17(21)19-14-10-9-12-5-3-6-13(12)11-14/h4,7-11H,2-3,5-6H2,1H3,(H,18,20)(H,19,21). The molecule has 2 N–H and O–H groups in total. The number of fused-ring (bicyclic) bond motifs is 1. The van der Waals surface area contributed by atoms with Crippen molar-refractivity contribution < 1.29 is 4.79 Å². The van der Waals surface area contributed by atoms with Crippen LogP contribution in [0.4, 0.5) is 11.5 Å². The van der Waals surface area contributed by atoms with Gasteiger partial charge in [0.2, 0.25) is 0 Å². The average Bonchev–Trinajstić information content (AvgIpc) is 2.95. The zero-order valence-corrected chi connectivity index (χ0v) is 12.1. The Hall–Kier alpha value is -2.36. The molecule has 1 aromatic carbocycles. The van der Waals surface area contributed by atoms with Crippen molar-refractivity contribution in [3.63, 3.8) is 0 Å². The van der Waals surface area contributed by atoms with Gasteiger partial charge >= 0.3 is 0 Å². The SMILES string of the molecule is CCNc1cccc(C(=O)Nc2ccc3c(c2)CCC3)n1. The number of amides is 1. The minimum absolute atomic E-state index is 0.173. The van der Waals surface area contributed by atoms with Crippen molar-refractivity contribution in [3.8, 4) is 0 Å². The number of nitrogens with one attached hydrogen (secondary N) is 2. The van der Waals surface area contributed by atoms with E-state index in [0.717, 1.165) is 30.9 Å². The Morgan fingerprint density at radius 3 is 2.90 bits per heavy atom. The Morgan fingerprint density at radius 2 is 2.05 bits per heavy atom. The number of aryl methyl sites for hydroxylation is 2. The molecule has 0 spiro atoms. The third-order valence-corrected chi connectivity index (χ3v) is 3.70. The predicted molar refractivity (Wildman–Crippen MR) is 84.8 cm³/mol. The number of carbonyl (C=O) groups excluding carboxylic acids is 1. The molecule has 3 rings (SSSR count). The van der Waals surface area contributed by atoms with Crippen LogP contribution in [0.25, 0.3) is 0 Å². The molecule has 0 unspecified atom stereocenters. The fourth-order valence-corrected chi connectivity index (χ4v) is 2.69. The summed E-state index contributed by atoms with van der Waals surface area (Å²) in [6.07, 6.45) is 3.46. The van der Waals surface area contributed by atoms with Crippen LogP contribution < -0.4 is 10.6 Å². The lowest BCUT2D eigenvalue weighted by Gasteiger charge is -2.08. The maximum atomic E-state index is 12.3. The highest BCUT2D eigenvalue weighted by Crippen LogP contribution is 2.25. The fraction of sp³-hybridized carbons (Fsp3) is 0.294. The summed E-state index contributed by atoms with van der Waals surface area (Å²) in [6, 6.07) is 11.6. The quantitative estimate of drug-likeness (QED) is 0.904. The lowest BCUT2D eigenvalue weighted by atomic mass is 10.1. The first-order valence-corrected chi connectivity index (χ1v) is 7.40. The molecule has 0 atom stereocenters. The van der Waals surface area contributed by atoms with Gasteiger partial charge < -0.3 is 10.6 Å². The number of rotatable bonds is 4. The van der Waals surface area contributed by atoms with E-state index in [9.17, 15) is 4.79 Å². The molecule has 0 saturated heterocycles. The summed E-state index contributed by atoms with van der Waals surface area (Å²) in [6.45, 7) is 2.78. The highest BCUT2D eigenvalue weighted by molar-refractivity contribution is 6.03. The normalized spacial score (nSPS) is 12.8. The van der Waals surface area contributed by atoms with Gasteiger partial charge in [0.1, 0.15) is 11.5 Å². The summed E-state index contributed by atoms with van der Waals surface area (Å²) in [5.74, 6) is 0.548. The van der Waals surface area contributed by atoms with E-state index in [4.69, 9.17) is 0 Å². The molecule has 0 aliphatic heterocycles. The lowest BCUT2D eigenvalue weighted by molar-refractivity contribution is 0.102. The highest BCUT2D eigenvalue weighted by Gasteiger charge is 2.13. The molecular formula is C17H19N3O. The van der Waals surface area contributed by atoms with Gasteiger partial charge in [0, 0.05) is 12.2 Å². The smallest absolute Gasteiger partial charge is 0.274 e. The summed E-state index contributed by atoms with van der Waals surface area (Å²) < 4.78 is 0. The molecule has 1 aliphatic carbocycles. The van der Waals surface area contributed by atoms with E-state index in [-0.39, 0.29) is 5.91 Å². The first-order chi connectivity index (χ1) is 10.3. The Balaban J connectivity index is 1.75. The topological polar surface area (TPSA) is 54.0 Å². The van der Waals surface area contributed by atoms with Crippen molar-refractivity contribution >= 4 is 17.4 Å². The summed E-state index contributed by atoms with van der Waals surface area (Å²) in [7, 11) is 0. The van der Waals surface area contributed by atoms with Gasteiger partial charge in [-0.1, -0.05) is 12.1 Å². The van der Waals surface area contributed by atoms with Gasteiger partial charge in [-0.05, 0) is 61.6 Å².